The van der Waals surface area contributed by atoms with Gasteiger partial charge in [0.15, 0.2) is 0 Å². The molecule has 0 aromatic heterocycles. The van der Waals surface area contributed by atoms with E-state index in [-0.39, 0.29) is 0 Å². The zero-order chi connectivity index (χ0) is 13.9. The summed E-state index contributed by atoms with van der Waals surface area (Å²) in [6, 6.07) is 7.04. The first-order valence-electron chi connectivity index (χ1n) is 7.96. The van der Waals surface area contributed by atoms with Gasteiger partial charge in [0.2, 0.25) is 0 Å². The summed E-state index contributed by atoms with van der Waals surface area (Å²) in [5.41, 5.74) is 2.63. The molecule has 0 aliphatic carbocycles. The van der Waals surface area contributed by atoms with Crippen LogP contribution in [0, 0.1) is 5.92 Å². The quantitative estimate of drug-likeness (QED) is 0.913. The maximum atomic E-state index is 6.13. The number of likely N-dealkylation sites (tertiary alicyclic amines) is 1. The van der Waals surface area contributed by atoms with Crippen LogP contribution in [0.2, 0.25) is 0 Å². The number of hydrogen-bond donors (Lipinski definition) is 1. The molecule has 1 N–H and O–H groups in total. The average Bonchev–Trinajstić information content (AvgIpc) is 2.94. The molecule has 0 amide bonds. The molecule has 1 aromatic carbocycles. The molecule has 3 heteroatoms. The minimum absolute atomic E-state index is 0.681. The Morgan fingerprint density at radius 2 is 2.10 bits per heavy atom. The summed E-state index contributed by atoms with van der Waals surface area (Å²) in [5.74, 6) is 1.81. The lowest BCUT2D eigenvalue weighted by Crippen LogP contribution is -2.39. The van der Waals surface area contributed by atoms with Crippen LogP contribution in [-0.4, -0.2) is 37.2 Å². The molecule has 2 aliphatic rings. The molecule has 2 aliphatic heterocycles. The molecule has 2 heterocycles. The SMILES string of the molecule is CC(C)N1CCC(COc2cccc3c2CCN3)CC1. The van der Waals surface area contributed by atoms with Gasteiger partial charge in [-0.15, -0.1) is 0 Å². The second kappa shape index (κ2) is 6.04. The number of benzene rings is 1. The van der Waals surface area contributed by atoms with E-state index >= 15 is 0 Å². The van der Waals surface area contributed by atoms with Crippen molar-refractivity contribution in [3.8, 4) is 5.75 Å². The van der Waals surface area contributed by atoms with Gasteiger partial charge in [0.25, 0.3) is 0 Å². The Hall–Kier alpha value is -1.22. The lowest BCUT2D eigenvalue weighted by atomic mass is 9.97. The van der Waals surface area contributed by atoms with Gasteiger partial charge in [0.1, 0.15) is 5.75 Å². The molecule has 110 valence electrons. The van der Waals surface area contributed by atoms with Crippen LogP contribution < -0.4 is 10.1 Å². The first-order chi connectivity index (χ1) is 9.74. The van der Waals surface area contributed by atoms with Crippen molar-refractivity contribution in [1.82, 2.24) is 4.90 Å². The molecule has 0 saturated carbocycles. The van der Waals surface area contributed by atoms with E-state index in [0.717, 1.165) is 31.2 Å². The van der Waals surface area contributed by atoms with Crippen molar-refractivity contribution < 1.29 is 4.74 Å². The number of ether oxygens (including phenoxy) is 1. The summed E-state index contributed by atoms with van der Waals surface area (Å²) in [6.45, 7) is 8.94. The van der Waals surface area contributed by atoms with E-state index in [4.69, 9.17) is 4.74 Å². The summed E-state index contributed by atoms with van der Waals surface area (Å²) in [4.78, 5) is 2.57. The van der Waals surface area contributed by atoms with Crippen LogP contribution in [0.1, 0.15) is 32.3 Å². The van der Waals surface area contributed by atoms with Gasteiger partial charge in [-0.1, -0.05) is 6.07 Å². The lowest BCUT2D eigenvalue weighted by molar-refractivity contribution is 0.119. The third kappa shape index (κ3) is 2.93. The molecular formula is C17H26N2O. The minimum Gasteiger partial charge on any atom is -0.493 e. The van der Waals surface area contributed by atoms with Crippen LogP contribution in [0.3, 0.4) is 0 Å². The fourth-order valence-electron chi connectivity index (χ4n) is 3.29. The smallest absolute Gasteiger partial charge is 0.124 e. The highest BCUT2D eigenvalue weighted by atomic mass is 16.5. The Kier molecular flexibility index (Phi) is 4.16. The van der Waals surface area contributed by atoms with Crippen LogP contribution in [0.5, 0.6) is 5.75 Å². The summed E-state index contributed by atoms with van der Waals surface area (Å²) >= 11 is 0. The maximum Gasteiger partial charge on any atom is 0.124 e. The Morgan fingerprint density at radius 3 is 2.85 bits per heavy atom. The monoisotopic (exact) mass is 274 g/mol. The summed E-state index contributed by atoms with van der Waals surface area (Å²) in [6.07, 6.45) is 3.63. The highest BCUT2D eigenvalue weighted by Gasteiger charge is 2.22. The molecule has 0 atom stereocenters. The fourth-order valence-corrected chi connectivity index (χ4v) is 3.29. The van der Waals surface area contributed by atoms with E-state index < -0.39 is 0 Å². The second-order valence-corrected chi connectivity index (χ2v) is 6.34. The van der Waals surface area contributed by atoms with Gasteiger partial charge in [0.05, 0.1) is 6.61 Å². The molecule has 0 radical (unpaired) electrons. The van der Waals surface area contributed by atoms with Gasteiger partial charge in [-0.3, -0.25) is 0 Å². The van der Waals surface area contributed by atoms with E-state index in [1.165, 1.54) is 37.2 Å². The van der Waals surface area contributed by atoms with Gasteiger partial charge in [-0.05, 0) is 64.3 Å². The van der Waals surface area contributed by atoms with Gasteiger partial charge >= 0.3 is 0 Å². The molecule has 3 rings (SSSR count). The first kappa shape index (κ1) is 13.7. The maximum absolute atomic E-state index is 6.13. The van der Waals surface area contributed by atoms with Gasteiger partial charge in [-0.2, -0.15) is 0 Å². The van der Waals surface area contributed by atoms with Gasteiger partial charge in [0, 0.05) is 23.8 Å². The van der Waals surface area contributed by atoms with Crippen molar-refractivity contribution >= 4 is 5.69 Å². The summed E-state index contributed by atoms with van der Waals surface area (Å²) in [7, 11) is 0. The van der Waals surface area contributed by atoms with Crippen molar-refractivity contribution in [3.63, 3.8) is 0 Å². The number of hydrogen-bond acceptors (Lipinski definition) is 3. The third-order valence-corrected chi connectivity index (χ3v) is 4.68. The third-order valence-electron chi connectivity index (χ3n) is 4.68. The molecular weight excluding hydrogens is 248 g/mol. The summed E-state index contributed by atoms with van der Waals surface area (Å²) in [5, 5.41) is 3.41. The minimum atomic E-state index is 0.681. The molecule has 1 saturated heterocycles. The normalized spacial score (nSPS) is 19.9. The molecule has 20 heavy (non-hydrogen) atoms. The van der Waals surface area contributed by atoms with Crippen molar-refractivity contribution in [1.29, 1.82) is 0 Å². The molecule has 0 bridgehead atoms. The zero-order valence-electron chi connectivity index (χ0n) is 12.7. The van der Waals surface area contributed by atoms with Crippen molar-refractivity contribution in [3.05, 3.63) is 23.8 Å². The van der Waals surface area contributed by atoms with E-state index in [1.54, 1.807) is 0 Å². The number of rotatable bonds is 4. The Morgan fingerprint density at radius 1 is 1.30 bits per heavy atom. The number of fused-ring (bicyclic) bond motifs is 1. The van der Waals surface area contributed by atoms with Crippen LogP contribution in [0.4, 0.5) is 5.69 Å². The van der Waals surface area contributed by atoms with Crippen LogP contribution in [0.25, 0.3) is 0 Å². The van der Waals surface area contributed by atoms with Crippen molar-refractivity contribution in [2.75, 3.05) is 31.6 Å². The molecule has 3 nitrogen and oxygen atoms in total. The van der Waals surface area contributed by atoms with Crippen molar-refractivity contribution in [2.45, 2.75) is 39.2 Å². The largest absolute Gasteiger partial charge is 0.493 e. The van der Waals surface area contributed by atoms with Gasteiger partial charge < -0.3 is 15.0 Å². The van der Waals surface area contributed by atoms with E-state index in [9.17, 15) is 0 Å². The fraction of sp³-hybridized carbons (Fsp3) is 0.647. The standard InChI is InChI=1S/C17H26N2O/c1-13(2)19-10-7-14(8-11-19)12-20-17-5-3-4-16-15(17)6-9-18-16/h3-5,13-14,18H,6-12H2,1-2H3. The molecule has 1 fully saturated rings. The van der Waals surface area contributed by atoms with Gasteiger partial charge in [-0.25, -0.2) is 0 Å². The molecule has 0 unspecified atom stereocenters. The van der Waals surface area contributed by atoms with Crippen LogP contribution in [0.15, 0.2) is 18.2 Å². The highest BCUT2D eigenvalue weighted by Crippen LogP contribution is 2.31. The molecule has 0 spiro atoms. The van der Waals surface area contributed by atoms with Crippen LogP contribution in [-0.2, 0) is 6.42 Å². The highest BCUT2D eigenvalue weighted by molar-refractivity contribution is 5.61. The number of nitrogens with one attached hydrogen (secondary N) is 1. The predicted molar refractivity (Wildman–Crippen MR) is 83.6 cm³/mol. The van der Waals surface area contributed by atoms with E-state index in [2.05, 4.69) is 42.3 Å². The topological polar surface area (TPSA) is 24.5 Å². The van der Waals surface area contributed by atoms with E-state index in [1.807, 2.05) is 0 Å². The number of nitrogens with zero attached hydrogens (tertiary/aromatic N) is 1. The zero-order valence-corrected chi connectivity index (χ0v) is 12.7. The summed E-state index contributed by atoms with van der Waals surface area (Å²) < 4.78 is 6.13. The molecule has 1 aromatic rings. The second-order valence-electron chi connectivity index (χ2n) is 6.34. The Balaban J connectivity index is 1.52. The Bertz CT molecular complexity index is 450. The number of anilines is 1. The average molecular weight is 274 g/mol. The van der Waals surface area contributed by atoms with Crippen LogP contribution >= 0.6 is 0 Å². The first-order valence-corrected chi connectivity index (χ1v) is 7.96. The Labute approximate surface area is 122 Å². The number of piperidine rings is 1. The predicted octanol–water partition coefficient (Wildman–Crippen LogP) is 3.15. The van der Waals surface area contributed by atoms with E-state index in [0.29, 0.717) is 6.04 Å². The van der Waals surface area contributed by atoms with Crippen molar-refractivity contribution in [2.24, 2.45) is 5.92 Å². The lowest BCUT2D eigenvalue weighted by Gasteiger charge is -2.34.